The highest BCUT2D eigenvalue weighted by Crippen LogP contribution is 2.13. The number of hydrogen-bond donors (Lipinski definition) is 2. The number of aliphatic hydroxyl groups excluding tert-OH is 1. The van der Waals surface area contributed by atoms with E-state index in [1.54, 1.807) is 7.11 Å². The van der Waals surface area contributed by atoms with Gasteiger partial charge in [-0.3, -0.25) is 0 Å². The molecule has 0 aliphatic rings. The molecule has 0 radical (unpaired) electrons. The van der Waals surface area contributed by atoms with Crippen molar-refractivity contribution in [3.63, 3.8) is 0 Å². The number of hydrogen-bond acceptors (Lipinski definition) is 6. The Morgan fingerprint density at radius 3 is 3.00 bits per heavy atom. The van der Waals surface area contributed by atoms with Crippen LogP contribution in [0.4, 0.5) is 5.13 Å². The molecule has 0 bridgehead atoms. The highest BCUT2D eigenvalue weighted by molar-refractivity contribution is 7.09. The normalized spacial score (nSPS) is 12.7. The van der Waals surface area contributed by atoms with Crippen molar-refractivity contribution in [3.05, 3.63) is 5.82 Å². The molecule has 0 aromatic carbocycles. The predicted octanol–water partition coefficient (Wildman–Crippen LogP) is 0.910. The first-order valence-electron chi connectivity index (χ1n) is 4.99. The second-order valence-electron chi connectivity index (χ2n) is 3.24. The lowest BCUT2D eigenvalue weighted by Crippen LogP contribution is -2.28. The molecule has 0 saturated carbocycles. The summed E-state index contributed by atoms with van der Waals surface area (Å²) in [5, 5.41) is 12.9. The Bertz CT molecular complexity index is 280. The maximum Gasteiger partial charge on any atom is 0.202 e. The van der Waals surface area contributed by atoms with Crippen LogP contribution in [0.5, 0.6) is 0 Å². The zero-order chi connectivity index (χ0) is 11.1. The molecule has 1 atom stereocenters. The molecule has 2 N–H and O–H groups in total. The van der Waals surface area contributed by atoms with Gasteiger partial charge in [-0.15, -0.1) is 0 Å². The molecule has 0 fully saturated rings. The Hall–Kier alpha value is -0.720. The second-order valence-corrected chi connectivity index (χ2v) is 4.00. The van der Waals surface area contributed by atoms with E-state index in [-0.39, 0.29) is 12.6 Å². The number of methoxy groups -OCH3 is 1. The van der Waals surface area contributed by atoms with Crippen LogP contribution in [0.25, 0.3) is 0 Å². The van der Waals surface area contributed by atoms with Crippen LogP contribution in [0.3, 0.4) is 0 Å². The first-order chi connectivity index (χ1) is 7.30. The molecule has 1 rings (SSSR count). The van der Waals surface area contributed by atoms with Crippen LogP contribution in [0.2, 0.25) is 0 Å². The molecule has 0 aliphatic heterocycles. The van der Waals surface area contributed by atoms with Crippen molar-refractivity contribution in [2.75, 3.05) is 25.6 Å². The van der Waals surface area contributed by atoms with Crippen LogP contribution in [0, 0.1) is 0 Å². The molecule has 6 heteroatoms. The van der Waals surface area contributed by atoms with Gasteiger partial charge >= 0.3 is 0 Å². The van der Waals surface area contributed by atoms with E-state index >= 15 is 0 Å². The standard InChI is InChI=1S/C9H17N3O2S/c1-3-4-8-11-9(15-12-8)10-7(5-13)6-14-2/h7,13H,3-6H2,1-2H3,(H,10,11,12). The molecule has 0 amide bonds. The number of aromatic nitrogens is 2. The van der Waals surface area contributed by atoms with E-state index in [1.807, 2.05) is 0 Å². The zero-order valence-electron chi connectivity index (χ0n) is 9.06. The number of rotatable bonds is 7. The smallest absolute Gasteiger partial charge is 0.202 e. The summed E-state index contributed by atoms with van der Waals surface area (Å²) < 4.78 is 9.15. The Morgan fingerprint density at radius 1 is 1.60 bits per heavy atom. The molecule has 1 heterocycles. The quantitative estimate of drug-likeness (QED) is 0.730. The molecule has 1 aromatic rings. The average Bonchev–Trinajstić information content (AvgIpc) is 2.66. The summed E-state index contributed by atoms with van der Waals surface area (Å²) in [7, 11) is 1.60. The number of aliphatic hydroxyl groups is 1. The van der Waals surface area contributed by atoms with Crippen LogP contribution in [0.1, 0.15) is 19.2 Å². The third-order valence-corrected chi connectivity index (χ3v) is 2.54. The Balaban J connectivity index is 2.47. The van der Waals surface area contributed by atoms with Crippen molar-refractivity contribution >= 4 is 16.7 Å². The van der Waals surface area contributed by atoms with E-state index in [2.05, 4.69) is 21.6 Å². The zero-order valence-corrected chi connectivity index (χ0v) is 9.88. The maximum atomic E-state index is 9.04. The molecule has 5 nitrogen and oxygen atoms in total. The Kier molecular flexibility index (Phi) is 5.52. The van der Waals surface area contributed by atoms with Crippen molar-refractivity contribution in [3.8, 4) is 0 Å². The van der Waals surface area contributed by atoms with Gasteiger partial charge < -0.3 is 15.2 Å². The number of anilines is 1. The molecule has 0 aliphatic carbocycles. The highest BCUT2D eigenvalue weighted by Gasteiger charge is 2.09. The maximum absolute atomic E-state index is 9.04. The van der Waals surface area contributed by atoms with Crippen LogP contribution >= 0.6 is 11.5 Å². The van der Waals surface area contributed by atoms with E-state index in [4.69, 9.17) is 9.84 Å². The van der Waals surface area contributed by atoms with Crippen molar-refractivity contribution in [2.24, 2.45) is 0 Å². The van der Waals surface area contributed by atoms with Crippen molar-refractivity contribution in [1.82, 2.24) is 9.36 Å². The Labute approximate surface area is 93.7 Å². The van der Waals surface area contributed by atoms with Gasteiger partial charge in [0.1, 0.15) is 5.82 Å². The van der Waals surface area contributed by atoms with E-state index in [0.717, 1.165) is 23.8 Å². The third-order valence-electron chi connectivity index (χ3n) is 1.86. The summed E-state index contributed by atoms with van der Waals surface area (Å²) in [6.07, 6.45) is 1.93. The molecule has 1 unspecified atom stereocenters. The first kappa shape index (κ1) is 12.4. The van der Waals surface area contributed by atoms with Crippen molar-refractivity contribution in [2.45, 2.75) is 25.8 Å². The summed E-state index contributed by atoms with van der Waals surface area (Å²) in [6.45, 7) is 2.57. The lowest BCUT2D eigenvalue weighted by Gasteiger charge is -2.13. The second kappa shape index (κ2) is 6.71. The first-order valence-corrected chi connectivity index (χ1v) is 5.76. The Morgan fingerprint density at radius 2 is 2.40 bits per heavy atom. The number of nitrogens with one attached hydrogen (secondary N) is 1. The van der Waals surface area contributed by atoms with E-state index in [0.29, 0.717) is 6.61 Å². The topological polar surface area (TPSA) is 67.3 Å². The summed E-state index contributed by atoms with van der Waals surface area (Å²) >= 11 is 1.32. The van der Waals surface area contributed by atoms with Crippen molar-refractivity contribution < 1.29 is 9.84 Å². The highest BCUT2D eigenvalue weighted by atomic mass is 32.1. The number of nitrogens with zero attached hydrogens (tertiary/aromatic N) is 2. The molecular weight excluding hydrogens is 214 g/mol. The lowest BCUT2D eigenvalue weighted by atomic mass is 10.3. The van der Waals surface area contributed by atoms with Gasteiger partial charge in [-0.1, -0.05) is 6.92 Å². The fourth-order valence-corrected chi connectivity index (χ4v) is 1.84. The molecule has 0 saturated heterocycles. The molecule has 1 aromatic heterocycles. The minimum absolute atomic E-state index is 0.0243. The summed E-state index contributed by atoms with van der Waals surface area (Å²) in [4.78, 5) is 4.30. The van der Waals surface area contributed by atoms with E-state index in [9.17, 15) is 0 Å². The summed E-state index contributed by atoms with van der Waals surface area (Å²) in [6, 6.07) is -0.113. The van der Waals surface area contributed by atoms with Crippen LogP contribution in [-0.2, 0) is 11.2 Å². The van der Waals surface area contributed by atoms with Gasteiger partial charge in [-0.25, -0.2) is 4.98 Å². The number of ether oxygens (including phenoxy) is 1. The van der Waals surface area contributed by atoms with Gasteiger partial charge in [0.05, 0.1) is 19.3 Å². The van der Waals surface area contributed by atoms with Crippen molar-refractivity contribution in [1.29, 1.82) is 0 Å². The fourth-order valence-electron chi connectivity index (χ4n) is 1.15. The largest absolute Gasteiger partial charge is 0.394 e. The minimum atomic E-state index is -0.113. The molecule has 15 heavy (non-hydrogen) atoms. The van der Waals surface area contributed by atoms with E-state index in [1.165, 1.54) is 11.5 Å². The minimum Gasteiger partial charge on any atom is -0.394 e. The molecule has 86 valence electrons. The van der Waals surface area contributed by atoms with Gasteiger partial charge in [0.15, 0.2) is 0 Å². The predicted molar refractivity (Wildman–Crippen MR) is 60.3 cm³/mol. The van der Waals surface area contributed by atoms with Gasteiger partial charge in [-0.2, -0.15) is 4.37 Å². The number of aryl methyl sites for hydroxylation is 1. The van der Waals surface area contributed by atoms with Gasteiger partial charge in [0, 0.05) is 25.1 Å². The SMILES string of the molecule is CCCc1nsc(NC(CO)COC)n1. The van der Waals surface area contributed by atoms with E-state index < -0.39 is 0 Å². The molecular formula is C9H17N3O2S. The summed E-state index contributed by atoms with van der Waals surface area (Å²) in [5.41, 5.74) is 0. The van der Waals surface area contributed by atoms with Crippen LogP contribution in [0.15, 0.2) is 0 Å². The van der Waals surface area contributed by atoms with Crippen LogP contribution < -0.4 is 5.32 Å². The third kappa shape index (κ3) is 4.11. The average molecular weight is 231 g/mol. The van der Waals surface area contributed by atoms with Crippen LogP contribution in [-0.4, -0.2) is 40.8 Å². The lowest BCUT2D eigenvalue weighted by molar-refractivity contribution is 0.153. The summed E-state index contributed by atoms with van der Waals surface area (Å²) in [5.74, 6) is 0.860. The van der Waals surface area contributed by atoms with Gasteiger partial charge in [0.25, 0.3) is 0 Å². The monoisotopic (exact) mass is 231 g/mol. The molecule has 0 spiro atoms. The van der Waals surface area contributed by atoms with Gasteiger partial charge in [-0.05, 0) is 6.42 Å². The van der Waals surface area contributed by atoms with Gasteiger partial charge in [0.2, 0.25) is 5.13 Å². The fraction of sp³-hybridized carbons (Fsp3) is 0.778.